The minimum atomic E-state index is -0.309. The number of unbranched alkanes of at least 4 members (excludes halogenated alkanes) is 1. The van der Waals surface area contributed by atoms with Gasteiger partial charge in [0, 0.05) is 12.5 Å². The van der Waals surface area contributed by atoms with E-state index < -0.39 is 0 Å². The summed E-state index contributed by atoms with van der Waals surface area (Å²) in [4.78, 5) is 17.8. The van der Waals surface area contributed by atoms with Crippen LogP contribution in [-0.2, 0) is 6.42 Å². The number of thiocarbonyl (C=S) groups is 1. The zero-order valence-corrected chi connectivity index (χ0v) is 18.3. The highest BCUT2D eigenvalue weighted by Crippen LogP contribution is 2.31. The predicted molar refractivity (Wildman–Crippen MR) is 119 cm³/mol. The zero-order chi connectivity index (χ0) is 21.8. The molecule has 1 saturated carbocycles. The Morgan fingerprint density at radius 3 is 3.00 bits per heavy atom. The molecule has 0 bridgehead atoms. The first-order valence-electron chi connectivity index (χ1n) is 10.7. The average molecular weight is 447 g/mol. The number of carbonyl (C=O) groups is 1. The van der Waals surface area contributed by atoms with Crippen LogP contribution in [0.1, 0.15) is 50.0 Å². The van der Waals surface area contributed by atoms with Gasteiger partial charge in [-0.05, 0) is 62.8 Å². The molecule has 2 amide bonds. The van der Waals surface area contributed by atoms with E-state index in [2.05, 4.69) is 22.5 Å². The maximum atomic E-state index is 14.0. The molecule has 1 aromatic heterocycles. The van der Waals surface area contributed by atoms with Gasteiger partial charge in [0.25, 0.3) is 0 Å². The Balaban J connectivity index is 1.18. The van der Waals surface area contributed by atoms with Gasteiger partial charge in [0.2, 0.25) is 0 Å². The van der Waals surface area contributed by atoms with E-state index >= 15 is 0 Å². The molecular weight excluding hydrogens is 419 g/mol. The third-order valence-corrected chi connectivity index (χ3v) is 5.72. The van der Waals surface area contributed by atoms with Crippen LogP contribution in [0.5, 0.6) is 5.75 Å². The van der Waals surface area contributed by atoms with Crippen LogP contribution in [0.25, 0.3) is 0 Å². The van der Waals surface area contributed by atoms with E-state index in [1.807, 2.05) is 0 Å². The first-order chi connectivity index (χ1) is 15.0. The van der Waals surface area contributed by atoms with Crippen LogP contribution in [0.2, 0.25) is 0 Å². The largest absolute Gasteiger partial charge is 0.490 e. The molecule has 1 aliphatic heterocycles. The molecule has 1 atom stereocenters. The molecule has 9 heteroatoms. The quantitative estimate of drug-likeness (QED) is 0.399. The zero-order valence-electron chi connectivity index (χ0n) is 17.5. The monoisotopic (exact) mass is 446 g/mol. The minimum absolute atomic E-state index is 0.0956. The number of urea groups is 1. The second-order valence-corrected chi connectivity index (χ2v) is 8.62. The normalized spacial score (nSPS) is 17.2. The molecule has 1 saturated heterocycles. The summed E-state index contributed by atoms with van der Waals surface area (Å²) in [6.45, 7) is 3.78. The van der Waals surface area contributed by atoms with Gasteiger partial charge < -0.3 is 19.8 Å². The first-order valence-corrected chi connectivity index (χ1v) is 11.1. The number of aromatic nitrogens is 1. The number of benzene rings is 1. The SMILES string of the molecule is C[C@@H](NCCCCc1cnc(N2CC(=S)NC2=O)o1)c1ccc(F)c(OCC2CC2)c1. The number of carbonyl (C=O) groups excluding carboxylic acids is 1. The Morgan fingerprint density at radius 2 is 2.26 bits per heavy atom. The van der Waals surface area contributed by atoms with Crippen LogP contribution in [0.3, 0.4) is 0 Å². The molecule has 0 radical (unpaired) electrons. The Morgan fingerprint density at radius 1 is 1.42 bits per heavy atom. The number of aryl methyl sites for hydroxylation is 1. The molecule has 2 fully saturated rings. The van der Waals surface area contributed by atoms with Crippen LogP contribution in [0.4, 0.5) is 15.2 Å². The topological polar surface area (TPSA) is 79.6 Å². The summed E-state index contributed by atoms with van der Waals surface area (Å²) in [5.74, 6) is 1.36. The Bertz CT molecular complexity index is 947. The third-order valence-electron chi connectivity index (χ3n) is 5.49. The lowest BCUT2D eigenvalue weighted by Gasteiger charge is -2.16. The van der Waals surface area contributed by atoms with Crippen LogP contribution < -0.4 is 20.3 Å². The third kappa shape index (κ3) is 5.80. The van der Waals surface area contributed by atoms with Crippen molar-refractivity contribution in [3.8, 4) is 5.75 Å². The van der Waals surface area contributed by atoms with Crippen LogP contribution >= 0.6 is 12.2 Å². The number of ether oxygens (including phenoxy) is 1. The number of halogens is 1. The van der Waals surface area contributed by atoms with Gasteiger partial charge in [-0.15, -0.1) is 0 Å². The van der Waals surface area contributed by atoms with Gasteiger partial charge in [-0.1, -0.05) is 18.3 Å². The second-order valence-electron chi connectivity index (χ2n) is 8.13. The van der Waals surface area contributed by atoms with E-state index in [1.165, 1.54) is 23.8 Å². The van der Waals surface area contributed by atoms with Crippen LogP contribution in [0, 0.1) is 11.7 Å². The van der Waals surface area contributed by atoms with Gasteiger partial charge >= 0.3 is 12.0 Å². The lowest BCUT2D eigenvalue weighted by atomic mass is 10.1. The summed E-state index contributed by atoms with van der Waals surface area (Å²) < 4.78 is 25.3. The number of oxazole rings is 1. The number of nitrogens with zero attached hydrogens (tertiary/aromatic N) is 2. The van der Waals surface area contributed by atoms with Crippen molar-refractivity contribution in [2.24, 2.45) is 5.92 Å². The van der Waals surface area contributed by atoms with Crippen molar-refractivity contribution < 1.29 is 18.3 Å². The molecule has 1 aromatic carbocycles. The Labute approximate surface area is 186 Å². The summed E-state index contributed by atoms with van der Waals surface area (Å²) in [5.41, 5.74) is 1.01. The molecule has 1 aliphatic carbocycles. The van der Waals surface area contributed by atoms with Crippen molar-refractivity contribution >= 4 is 29.3 Å². The molecule has 0 unspecified atom stereocenters. The minimum Gasteiger partial charge on any atom is -0.490 e. The smallest absolute Gasteiger partial charge is 0.330 e. The molecule has 0 spiro atoms. The van der Waals surface area contributed by atoms with Gasteiger partial charge in [0.1, 0.15) is 10.7 Å². The Kier molecular flexibility index (Phi) is 6.82. The molecule has 31 heavy (non-hydrogen) atoms. The van der Waals surface area contributed by atoms with E-state index in [-0.39, 0.29) is 23.9 Å². The van der Waals surface area contributed by atoms with Crippen LogP contribution in [0.15, 0.2) is 28.8 Å². The number of amides is 2. The lowest BCUT2D eigenvalue weighted by molar-refractivity contribution is 0.252. The van der Waals surface area contributed by atoms with Crippen LogP contribution in [-0.4, -0.2) is 35.7 Å². The van der Waals surface area contributed by atoms with Crippen molar-refractivity contribution in [2.75, 3.05) is 24.6 Å². The van der Waals surface area contributed by atoms with Gasteiger partial charge in [-0.2, -0.15) is 0 Å². The highest BCUT2D eigenvalue weighted by atomic mass is 32.1. The molecular formula is C22H27FN4O3S. The van der Waals surface area contributed by atoms with Crippen molar-refractivity contribution in [1.29, 1.82) is 0 Å². The van der Waals surface area contributed by atoms with Crippen molar-refractivity contribution in [1.82, 2.24) is 15.6 Å². The number of hydrogen-bond donors (Lipinski definition) is 2. The fraction of sp³-hybridized carbons (Fsp3) is 0.500. The van der Waals surface area contributed by atoms with Gasteiger partial charge in [0.05, 0.1) is 19.3 Å². The molecule has 4 rings (SSSR count). The summed E-state index contributed by atoms with van der Waals surface area (Å²) in [6.07, 6.45) is 6.60. The molecule has 2 aromatic rings. The fourth-order valence-corrected chi connectivity index (χ4v) is 3.60. The number of rotatable bonds is 11. The molecule has 2 N–H and O–H groups in total. The maximum Gasteiger partial charge on any atom is 0.330 e. The van der Waals surface area contributed by atoms with E-state index in [1.54, 1.807) is 18.3 Å². The van der Waals surface area contributed by atoms with Gasteiger partial charge in [-0.25, -0.2) is 19.1 Å². The summed E-state index contributed by atoms with van der Waals surface area (Å²) in [6, 6.07) is 5.13. The summed E-state index contributed by atoms with van der Waals surface area (Å²) in [7, 11) is 0. The van der Waals surface area contributed by atoms with E-state index in [0.29, 0.717) is 29.8 Å². The van der Waals surface area contributed by atoms with E-state index in [4.69, 9.17) is 21.4 Å². The maximum absolute atomic E-state index is 14.0. The van der Waals surface area contributed by atoms with E-state index in [0.717, 1.165) is 37.1 Å². The highest BCUT2D eigenvalue weighted by molar-refractivity contribution is 7.80. The Hall–Kier alpha value is -2.52. The molecule has 2 heterocycles. The van der Waals surface area contributed by atoms with Crippen molar-refractivity contribution in [3.05, 3.63) is 41.5 Å². The lowest BCUT2D eigenvalue weighted by Crippen LogP contribution is -2.27. The van der Waals surface area contributed by atoms with Gasteiger partial charge in [-0.3, -0.25) is 0 Å². The summed E-state index contributed by atoms with van der Waals surface area (Å²) in [5, 5.41) is 6.03. The molecule has 2 aliphatic rings. The predicted octanol–water partition coefficient (Wildman–Crippen LogP) is 4.13. The summed E-state index contributed by atoms with van der Waals surface area (Å²) >= 11 is 5.00. The first kappa shape index (κ1) is 21.7. The molecule has 166 valence electrons. The fourth-order valence-electron chi connectivity index (χ4n) is 3.39. The van der Waals surface area contributed by atoms with E-state index in [9.17, 15) is 9.18 Å². The standard InChI is InChI=1S/C22H27FN4O3S/c1-14(16-7-8-18(23)19(10-16)29-13-15-5-6-15)24-9-3-2-4-17-11-25-22(30-17)27-12-20(31)26-21(27)28/h7-8,10-11,14-15,24H,2-6,9,12-13H2,1H3,(H,26,28,31)/t14-/m1/s1. The van der Waals surface area contributed by atoms with Crippen molar-refractivity contribution in [3.63, 3.8) is 0 Å². The van der Waals surface area contributed by atoms with Gasteiger partial charge in [0.15, 0.2) is 11.6 Å². The number of hydrogen-bond acceptors (Lipinski definition) is 6. The average Bonchev–Trinajstić information content (AvgIpc) is 3.36. The number of nitrogens with one attached hydrogen (secondary N) is 2. The second kappa shape index (κ2) is 9.74. The van der Waals surface area contributed by atoms with Crippen molar-refractivity contribution in [2.45, 2.75) is 45.1 Å². The highest BCUT2D eigenvalue weighted by Gasteiger charge is 2.29. The number of anilines is 1. The molecule has 7 nitrogen and oxygen atoms in total.